The Morgan fingerprint density at radius 1 is 0.939 bits per heavy atom. The second-order valence-corrected chi connectivity index (χ2v) is 7.23. The second kappa shape index (κ2) is 9.61. The Morgan fingerprint density at radius 2 is 1.55 bits per heavy atom. The highest BCUT2D eigenvalue weighted by Gasteiger charge is 2.49. The van der Waals surface area contributed by atoms with Gasteiger partial charge in [-0.1, -0.05) is 36.4 Å². The van der Waals surface area contributed by atoms with E-state index in [1.165, 1.54) is 12.1 Å². The number of carbonyl (C=O) groups excluding carboxylic acids is 2. The van der Waals surface area contributed by atoms with E-state index in [-0.39, 0.29) is 11.1 Å². The van der Waals surface area contributed by atoms with E-state index in [0.29, 0.717) is 0 Å². The molecule has 10 heteroatoms. The third kappa shape index (κ3) is 4.90. The first-order chi connectivity index (χ1) is 15.9. The zero-order chi connectivity index (χ0) is 23.4. The summed E-state index contributed by atoms with van der Waals surface area (Å²) in [5.41, 5.74) is -1.09. The van der Waals surface area contributed by atoms with Crippen molar-refractivity contribution in [2.24, 2.45) is 0 Å². The summed E-state index contributed by atoms with van der Waals surface area (Å²) in [6.45, 7) is -0.435. The van der Waals surface area contributed by atoms with Gasteiger partial charge in [-0.25, -0.2) is 18.8 Å². The highest BCUT2D eigenvalue weighted by molar-refractivity contribution is 5.90. The van der Waals surface area contributed by atoms with Gasteiger partial charge in [0.15, 0.2) is 18.5 Å². The lowest BCUT2D eigenvalue weighted by Gasteiger charge is -2.19. The summed E-state index contributed by atoms with van der Waals surface area (Å²) in [6.07, 6.45) is -5.10. The van der Waals surface area contributed by atoms with Crippen molar-refractivity contribution in [3.05, 3.63) is 105 Å². The van der Waals surface area contributed by atoms with E-state index in [2.05, 4.69) is 0 Å². The molecule has 1 aliphatic heterocycles. The van der Waals surface area contributed by atoms with Crippen molar-refractivity contribution < 1.29 is 28.2 Å². The van der Waals surface area contributed by atoms with Crippen LogP contribution in [0.4, 0.5) is 4.39 Å². The molecule has 0 aliphatic carbocycles. The van der Waals surface area contributed by atoms with Gasteiger partial charge >= 0.3 is 17.6 Å². The molecule has 1 fully saturated rings. The zero-order valence-corrected chi connectivity index (χ0v) is 17.1. The maximum absolute atomic E-state index is 15.4. The van der Waals surface area contributed by atoms with Crippen molar-refractivity contribution in [2.75, 3.05) is 6.61 Å². The summed E-state index contributed by atoms with van der Waals surface area (Å²) in [6, 6.07) is 17.1. The van der Waals surface area contributed by atoms with E-state index < -0.39 is 54.4 Å². The Hall–Kier alpha value is -4.05. The topological polar surface area (TPSA) is 117 Å². The summed E-state index contributed by atoms with van der Waals surface area (Å²) in [7, 11) is 0. The molecule has 3 aromatic rings. The number of aromatic amines is 1. The van der Waals surface area contributed by atoms with Crippen LogP contribution < -0.4 is 11.2 Å². The van der Waals surface area contributed by atoms with E-state index >= 15 is 4.39 Å². The van der Waals surface area contributed by atoms with Crippen molar-refractivity contribution in [1.82, 2.24) is 9.55 Å². The molecule has 4 rings (SSSR count). The third-order valence-corrected chi connectivity index (χ3v) is 5.03. The van der Waals surface area contributed by atoms with Gasteiger partial charge in [-0.3, -0.25) is 14.3 Å². The van der Waals surface area contributed by atoms with Gasteiger partial charge in [-0.2, -0.15) is 0 Å². The van der Waals surface area contributed by atoms with Crippen LogP contribution >= 0.6 is 0 Å². The van der Waals surface area contributed by atoms with E-state index in [4.69, 9.17) is 14.2 Å². The normalized spacial score (nSPS) is 22.0. The Morgan fingerprint density at radius 3 is 2.15 bits per heavy atom. The number of H-pyrrole nitrogens is 1. The van der Waals surface area contributed by atoms with E-state index in [1.54, 1.807) is 48.5 Å². The zero-order valence-electron chi connectivity index (χ0n) is 17.1. The molecule has 0 radical (unpaired) electrons. The molecule has 1 aliphatic rings. The van der Waals surface area contributed by atoms with Gasteiger partial charge in [0.2, 0.25) is 0 Å². The molecule has 4 atom stereocenters. The Labute approximate surface area is 186 Å². The number of hydrogen-bond donors (Lipinski definition) is 1. The maximum Gasteiger partial charge on any atom is 0.338 e. The number of hydrogen-bond acceptors (Lipinski definition) is 7. The lowest BCUT2D eigenvalue weighted by atomic mass is 10.1. The highest BCUT2D eigenvalue weighted by atomic mass is 19.1. The van der Waals surface area contributed by atoms with Crippen molar-refractivity contribution in [1.29, 1.82) is 0 Å². The lowest BCUT2D eigenvalue weighted by molar-refractivity contribution is -0.0592. The molecule has 9 nitrogen and oxygen atoms in total. The van der Waals surface area contributed by atoms with Gasteiger partial charge in [0.1, 0.15) is 12.7 Å². The largest absolute Gasteiger partial charge is 0.459 e. The van der Waals surface area contributed by atoms with Crippen LogP contribution in [0, 0.1) is 0 Å². The molecule has 0 spiro atoms. The predicted molar refractivity (Wildman–Crippen MR) is 112 cm³/mol. The molecule has 1 saturated heterocycles. The van der Waals surface area contributed by atoms with Gasteiger partial charge in [0.25, 0.3) is 5.56 Å². The number of alkyl halides is 1. The smallest absolute Gasteiger partial charge is 0.338 e. The highest BCUT2D eigenvalue weighted by Crippen LogP contribution is 2.33. The minimum atomic E-state index is -1.98. The molecular weight excluding hydrogens is 435 g/mol. The molecule has 0 amide bonds. The van der Waals surface area contributed by atoms with Gasteiger partial charge in [0.05, 0.1) is 11.1 Å². The van der Waals surface area contributed by atoms with E-state index in [1.807, 2.05) is 4.98 Å². The molecule has 2 heterocycles. The number of rotatable bonds is 6. The third-order valence-electron chi connectivity index (χ3n) is 5.03. The van der Waals surface area contributed by atoms with Crippen LogP contribution in [0.25, 0.3) is 0 Å². The lowest BCUT2D eigenvalue weighted by Crippen LogP contribution is -2.38. The number of nitrogens with zero attached hydrogens (tertiary/aromatic N) is 1. The molecular formula is C23H19FN2O7. The van der Waals surface area contributed by atoms with E-state index in [0.717, 1.165) is 16.8 Å². The van der Waals surface area contributed by atoms with Gasteiger partial charge in [-0.15, -0.1) is 0 Å². The number of benzene rings is 2. The predicted octanol–water partition coefficient (Wildman–Crippen LogP) is 1.85. The first-order valence-electron chi connectivity index (χ1n) is 10.0. The van der Waals surface area contributed by atoms with Gasteiger partial charge in [0, 0.05) is 12.3 Å². The molecule has 170 valence electrons. The molecule has 0 unspecified atom stereocenters. The summed E-state index contributed by atoms with van der Waals surface area (Å²) >= 11 is 0. The molecule has 2 aromatic carbocycles. The number of ether oxygens (including phenoxy) is 3. The Bertz CT molecular complexity index is 1240. The molecule has 0 saturated carbocycles. The van der Waals surface area contributed by atoms with Gasteiger partial charge in [-0.05, 0) is 24.3 Å². The maximum atomic E-state index is 15.4. The number of carbonyl (C=O) groups is 2. The van der Waals surface area contributed by atoms with Crippen molar-refractivity contribution in [3.63, 3.8) is 0 Å². The minimum absolute atomic E-state index is 0.189. The van der Waals surface area contributed by atoms with Crippen LogP contribution in [-0.4, -0.2) is 46.5 Å². The minimum Gasteiger partial charge on any atom is -0.459 e. The molecule has 0 bridgehead atoms. The van der Waals surface area contributed by atoms with Crippen LogP contribution in [-0.2, 0) is 14.2 Å². The number of halogens is 1. The average Bonchev–Trinajstić information content (AvgIpc) is 3.13. The fourth-order valence-corrected chi connectivity index (χ4v) is 3.40. The summed E-state index contributed by atoms with van der Waals surface area (Å²) in [4.78, 5) is 50.4. The van der Waals surface area contributed by atoms with Crippen molar-refractivity contribution in [2.45, 2.75) is 24.6 Å². The SMILES string of the molecule is O=C(OC[C@@H]1O[C@H](n2ccc(=O)[nH]c2=O)[C@@H](F)[C@@H]1OC(=O)c1ccccc1)c1ccccc1. The van der Waals surface area contributed by atoms with Crippen LogP contribution in [0.15, 0.2) is 82.5 Å². The molecule has 1 N–H and O–H groups in total. The van der Waals surface area contributed by atoms with Crippen LogP contribution in [0.3, 0.4) is 0 Å². The van der Waals surface area contributed by atoms with Crippen molar-refractivity contribution in [3.8, 4) is 0 Å². The average molecular weight is 454 g/mol. The first-order valence-corrected chi connectivity index (χ1v) is 10.0. The molecule has 33 heavy (non-hydrogen) atoms. The van der Waals surface area contributed by atoms with Crippen LogP contribution in [0.5, 0.6) is 0 Å². The van der Waals surface area contributed by atoms with Crippen LogP contribution in [0.2, 0.25) is 0 Å². The Balaban J connectivity index is 1.56. The standard InChI is InChI=1S/C23H19FN2O7/c24-18-19(33-22(29)15-9-5-2-6-10-15)16(13-31-21(28)14-7-3-1-4-8-14)32-20(18)26-12-11-17(27)25-23(26)30/h1-12,16,18-20H,13H2,(H,25,27,30)/t16-,18-,19+,20-/m0/s1. The van der Waals surface area contributed by atoms with Crippen molar-refractivity contribution >= 4 is 11.9 Å². The fraction of sp³-hybridized carbons (Fsp3) is 0.217. The first kappa shape index (κ1) is 22.2. The van der Waals surface area contributed by atoms with E-state index in [9.17, 15) is 19.2 Å². The van der Waals surface area contributed by atoms with Crippen LogP contribution in [0.1, 0.15) is 26.9 Å². The summed E-state index contributed by atoms with van der Waals surface area (Å²) < 4.78 is 32.5. The fourth-order valence-electron chi connectivity index (χ4n) is 3.40. The van der Waals surface area contributed by atoms with Gasteiger partial charge < -0.3 is 14.2 Å². The summed E-state index contributed by atoms with van der Waals surface area (Å²) in [5.74, 6) is -1.48. The summed E-state index contributed by atoms with van der Waals surface area (Å²) in [5, 5.41) is 0. The number of nitrogens with one attached hydrogen (secondary N) is 1. The monoisotopic (exact) mass is 454 g/mol. The molecule has 1 aromatic heterocycles. The quantitative estimate of drug-likeness (QED) is 0.565. The second-order valence-electron chi connectivity index (χ2n) is 7.23. The Kier molecular flexibility index (Phi) is 6.45. The number of aromatic nitrogens is 2. The number of esters is 2.